The third kappa shape index (κ3) is 2.72. The molecule has 3 heteroatoms. The number of nitrogens with zero attached hydrogens (tertiary/aromatic N) is 1. The standard InChI is InChI=1S/C14H24N2O/c1-3-12-8-9-14(17-12)13(10-15)16(2)11-6-4-5-7-11/h8-9,11,13H,3-7,10,15H2,1-2H3. The first-order valence-corrected chi connectivity index (χ1v) is 6.76. The van der Waals surface area contributed by atoms with Gasteiger partial charge in [-0.1, -0.05) is 19.8 Å². The highest BCUT2D eigenvalue weighted by Crippen LogP contribution is 2.30. The summed E-state index contributed by atoms with van der Waals surface area (Å²) < 4.78 is 5.84. The minimum Gasteiger partial charge on any atom is -0.464 e. The molecule has 1 saturated carbocycles. The fourth-order valence-corrected chi connectivity index (χ4v) is 2.81. The molecule has 0 spiro atoms. The summed E-state index contributed by atoms with van der Waals surface area (Å²) in [5.74, 6) is 2.08. The van der Waals surface area contributed by atoms with Crippen LogP contribution in [0.3, 0.4) is 0 Å². The lowest BCUT2D eigenvalue weighted by molar-refractivity contribution is 0.158. The van der Waals surface area contributed by atoms with Crippen LogP contribution in [0.2, 0.25) is 0 Å². The van der Waals surface area contributed by atoms with Crippen molar-refractivity contribution in [3.63, 3.8) is 0 Å². The average Bonchev–Trinajstić information content (AvgIpc) is 3.01. The van der Waals surface area contributed by atoms with Gasteiger partial charge < -0.3 is 10.2 Å². The zero-order valence-corrected chi connectivity index (χ0v) is 11.0. The Morgan fingerprint density at radius 2 is 2.12 bits per heavy atom. The molecule has 2 rings (SSSR count). The van der Waals surface area contributed by atoms with Crippen molar-refractivity contribution < 1.29 is 4.42 Å². The maximum atomic E-state index is 5.92. The van der Waals surface area contributed by atoms with E-state index in [1.165, 1.54) is 25.7 Å². The van der Waals surface area contributed by atoms with Crippen LogP contribution in [0.15, 0.2) is 16.5 Å². The van der Waals surface area contributed by atoms with E-state index in [2.05, 4.69) is 31.0 Å². The lowest BCUT2D eigenvalue weighted by Crippen LogP contribution is -2.36. The first kappa shape index (κ1) is 12.7. The third-order valence-corrected chi connectivity index (χ3v) is 3.97. The second kappa shape index (κ2) is 5.69. The Morgan fingerprint density at radius 3 is 2.65 bits per heavy atom. The van der Waals surface area contributed by atoms with Gasteiger partial charge in [0.1, 0.15) is 11.5 Å². The fourth-order valence-electron chi connectivity index (χ4n) is 2.81. The Kier molecular flexibility index (Phi) is 4.24. The third-order valence-electron chi connectivity index (χ3n) is 3.97. The van der Waals surface area contributed by atoms with E-state index in [4.69, 9.17) is 10.2 Å². The summed E-state index contributed by atoms with van der Waals surface area (Å²) in [6.45, 7) is 2.74. The molecule has 2 N–H and O–H groups in total. The van der Waals surface area contributed by atoms with Crippen LogP contribution in [0, 0.1) is 0 Å². The topological polar surface area (TPSA) is 42.4 Å². The number of aryl methyl sites for hydroxylation is 1. The molecule has 0 aliphatic heterocycles. The second-order valence-corrected chi connectivity index (χ2v) is 5.01. The van der Waals surface area contributed by atoms with Crippen molar-refractivity contribution in [3.8, 4) is 0 Å². The number of likely N-dealkylation sites (N-methyl/N-ethyl adjacent to an activating group) is 1. The largest absolute Gasteiger partial charge is 0.464 e. The fraction of sp³-hybridized carbons (Fsp3) is 0.714. The Hall–Kier alpha value is -0.800. The van der Waals surface area contributed by atoms with Gasteiger partial charge in [-0.05, 0) is 32.0 Å². The molecule has 1 aliphatic rings. The van der Waals surface area contributed by atoms with Crippen LogP contribution in [-0.2, 0) is 6.42 Å². The summed E-state index contributed by atoms with van der Waals surface area (Å²) in [6.07, 6.45) is 6.25. The van der Waals surface area contributed by atoms with Crippen molar-refractivity contribution >= 4 is 0 Å². The first-order chi connectivity index (χ1) is 8.26. The quantitative estimate of drug-likeness (QED) is 0.854. The van der Waals surface area contributed by atoms with Gasteiger partial charge in [0.15, 0.2) is 0 Å². The summed E-state index contributed by atoms with van der Waals surface area (Å²) in [6, 6.07) is 5.07. The summed E-state index contributed by atoms with van der Waals surface area (Å²) in [4.78, 5) is 2.41. The number of hydrogen-bond donors (Lipinski definition) is 1. The molecule has 0 aromatic carbocycles. The maximum absolute atomic E-state index is 5.92. The molecule has 0 radical (unpaired) electrons. The number of nitrogens with two attached hydrogens (primary N) is 1. The van der Waals surface area contributed by atoms with Crippen LogP contribution >= 0.6 is 0 Å². The monoisotopic (exact) mass is 236 g/mol. The average molecular weight is 236 g/mol. The molecule has 3 nitrogen and oxygen atoms in total. The highest BCUT2D eigenvalue weighted by molar-refractivity contribution is 5.11. The highest BCUT2D eigenvalue weighted by Gasteiger charge is 2.27. The molecule has 1 unspecified atom stereocenters. The van der Waals surface area contributed by atoms with Crippen LogP contribution in [0.4, 0.5) is 0 Å². The molecule has 0 bridgehead atoms. The van der Waals surface area contributed by atoms with Crippen molar-refractivity contribution in [2.45, 2.75) is 51.1 Å². The van der Waals surface area contributed by atoms with Gasteiger partial charge in [-0.15, -0.1) is 0 Å². The molecular weight excluding hydrogens is 212 g/mol. The van der Waals surface area contributed by atoms with Gasteiger partial charge in [0.25, 0.3) is 0 Å². The molecule has 1 aliphatic carbocycles. The summed E-state index contributed by atoms with van der Waals surface area (Å²) in [7, 11) is 2.18. The van der Waals surface area contributed by atoms with Gasteiger partial charge in [-0.2, -0.15) is 0 Å². The van der Waals surface area contributed by atoms with E-state index >= 15 is 0 Å². The zero-order valence-electron chi connectivity index (χ0n) is 11.0. The Bertz CT molecular complexity index is 342. The van der Waals surface area contributed by atoms with Crippen LogP contribution in [0.1, 0.15) is 50.2 Å². The second-order valence-electron chi connectivity index (χ2n) is 5.01. The van der Waals surface area contributed by atoms with Gasteiger partial charge in [0.2, 0.25) is 0 Å². The first-order valence-electron chi connectivity index (χ1n) is 6.76. The molecule has 1 heterocycles. The molecule has 1 fully saturated rings. The van der Waals surface area contributed by atoms with E-state index in [0.717, 1.165) is 17.9 Å². The molecule has 96 valence electrons. The van der Waals surface area contributed by atoms with Crippen molar-refractivity contribution in [2.24, 2.45) is 5.73 Å². The van der Waals surface area contributed by atoms with Crippen molar-refractivity contribution in [2.75, 3.05) is 13.6 Å². The molecule has 0 amide bonds. The molecule has 17 heavy (non-hydrogen) atoms. The van der Waals surface area contributed by atoms with E-state index in [1.54, 1.807) is 0 Å². The van der Waals surface area contributed by atoms with Crippen LogP contribution in [0.5, 0.6) is 0 Å². The molecule has 0 saturated heterocycles. The lowest BCUT2D eigenvalue weighted by atomic mass is 10.1. The Morgan fingerprint density at radius 1 is 1.41 bits per heavy atom. The van der Waals surface area contributed by atoms with Gasteiger partial charge in [0, 0.05) is 19.0 Å². The van der Waals surface area contributed by atoms with Crippen LogP contribution < -0.4 is 5.73 Å². The number of hydrogen-bond acceptors (Lipinski definition) is 3. The van der Waals surface area contributed by atoms with E-state index in [0.29, 0.717) is 12.6 Å². The van der Waals surface area contributed by atoms with E-state index in [1.807, 2.05) is 0 Å². The summed E-state index contributed by atoms with van der Waals surface area (Å²) in [5.41, 5.74) is 5.92. The lowest BCUT2D eigenvalue weighted by Gasteiger charge is -2.30. The van der Waals surface area contributed by atoms with E-state index < -0.39 is 0 Å². The molecule has 1 aromatic rings. The minimum atomic E-state index is 0.235. The van der Waals surface area contributed by atoms with E-state index in [-0.39, 0.29) is 6.04 Å². The molecule has 1 aromatic heterocycles. The van der Waals surface area contributed by atoms with Gasteiger partial charge in [0.05, 0.1) is 6.04 Å². The predicted molar refractivity (Wildman–Crippen MR) is 69.9 cm³/mol. The Labute approximate surface area is 104 Å². The van der Waals surface area contributed by atoms with Gasteiger partial charge >= 0.3 is 0 Å². The summed E-state index contributed by atoms with van der Waals surface area (Å²) in [5, 5.41) is 0. The predicted octanol–water partition coefficient (Wildman–Crippen LogP) is 2.72. The molecule has 1 atom stereocenters. The van der Waals surface area contributed by atoms with Crippen LogP contribution in [-0.4, -0.2) is 24.5 Å². The number of furan rings is 1. The minimum absolute atomic E-state index is 0.235. The molecular formula is C14H24N2O. The Balaban J connectivity index is 2.08. The highest BCUT2D eigenvalue weighted by atomic mass is 16.3. The van der Waals surface area contributed by atoms with Gasteiger partial charge in [-0.3, -0.25) is 4.90 Å². The zero-order chi connectivity index (χ0) is 12.3. The number of rotatable bonds is 5. The van der Waals surface area contributed by atoms with Gasteiger partial charge in [-0.25, -0.2) is 0 Å². The SMILES string of the molecule is CCc1ccc(C(CN)N(C)C2CCCC2)o1. The van der Waals surface area contributed by atoms with Crippen molar-refractivity contribution in [1.82, 2.24) is 4.90 Å². The van der Waals surface area contributed by atoms with Crippen molar-refractivity contribution in [1.29, 1.82) is 0 Å². The van der Waals surface area contributed by atoms with Crippen LogP contribution in [0.25, 0.3) is 0 Å². The summed E-state index contributed by atoms with van der Waals surface area (Å²) >= 11 is 0. The normalized spacial score (nSPS) is 19.1. The van der Waals surface area contributed by atoms with Crippen molar-refractivity contribution in [3.05, 3.63) is 23.7 Å². The smallest absolute Gasteiger partial charge is 0.122 e. The van der Waals surface area contributed by atoms with E-state index in [9.17, 15) is 0 Å². The maximum Gasteiger partial charge on any atom is 0.122 e.